The molecule has 0 saturated carbocycles. The lowest BCUT2D eigenvalue weighted by molar-refractivity contribution is -0.135. The molecule has 0 aliphatic carbocycles. The molecule has 0 atom stereocenters. The zero-order chi connectivity index (χ0) is 37.3. The highest BCUT2D eigenvalue weighted by molar-refractivity contribution is 5.81. The van der Waals surface area contributed by atoms with Crippen LogP contribution >= 0.6 is 0 Å². The van der Waals surface area contributed by atoms with Crippen molar-refractivity contribution in [2.24, 2.45) is 11.8 Å². The molecule has 0 N–H and O–H groups in total. The van der Waals surface area contributed by atoms with Gasteiger partial charge < -0.3 is 38.3 Å². The van der Waals surface area contributed by atoms with Crippen molar-refractivity contribution in [3.63, 3.8) is 0 Å². The summed E-state index contributed by atoms with van der Waals surface area (Å²) in [4.78, 5) is 58.3. The number of hydrogen-bond acceptors (Lipinski definition) is 10. The molecule has 0 aromatic rings. The highest BCUT2D eigenvalue weighted by Crippen LogP contribution is 2.24. The Morgan fingerprint density at radius 3 is 1.41 bits per heavy atom. The fourth-order valence-corrected chi connectivity index (χ4v) is 4.94. The van der Waals surface area contributed by atoms with Crippen LogP contribution in [0.15, 0.2) is 24.8 Å². The van der Waals surface area contributed by atoms with Crippen LogP contribution in [0.2, 0.25) is 0 Å². The Kier molecular flexibility index (Phi) is 23.8. The molecule has 3 heterocycles. The summed E-state index contributed by atoms with van der Waals surface area (Å²) < 4.78 is 24.3. The average Bonchev–Trinajstić information content (AvgIpc) is 3.65. The van der Waals surface area contributed by atoms with Crippen LogP contribution in [-0.2, 0) is 38.1 Å². The van der Waals surface area contributed by atoms with Gasteiger partial charge in [-0.3, -0.25) is 0 Å². The van der Waals surface area contributed by atoms with Gasteiger partial charge in [0.1, 0.15) is 17.5 Å². The maximum absolute atomic E-state index is 11.9. The lowest BCUT2D eigenvalue weighted by Crippen LogP contribution is -2.41. The van der Waals surface area contributed by atoms with Crippen LogP contribution < -0.4 is 0 Å². The number of hydrogen-bond donors (Lipinski definition) is 0. The minimum atomic E-state index is -0.438. The van der Waals surface area contributed by atoms with Gasteiger partial charge in [0.25, 0.3) is 0 Å². The highest BCUT2D eigenvalue weighted by Gasteiger charge is 2.27. The van der Waals surface area contributed by atoms with E-state index in [0.29, 0.717) is 18.3 Å². The summed E-state index contributed by atoms with van der Waals surface area (Å²) in [5, 5.41) is 0. The summed E-state index contributed by atoms with van der Waals surface area (Å²) in [6, 6.07) is 0. The molecule has 2 amide bonds. The van der Waals surface area contributed by atoms with Gasteiger partial charge in [-0.1, -0.05) is 12.7 Å². The number of amides is 2. The minimum Gasteiger partial charge on any atom is -0.466 e. The number of piperidine rings is 2. The van der Waals surface area contributed by atoms with E-state index in [1.807, 2.05) is 47.6 Å². The number of carbonyl (C=O) groups excluding carboxylic acids is 5. The van der Waals surface area contributed by atoms with Crippen LogP contribution in [0.5, 0.6) is 0 Å². The molecule has 0 aromatic carbocycles. The molecule has 0 spiro atoms. The van der Waals surface area contributed by atoms with Gasteiger partial charge in [-0.2, -0.15) is 0 Å². The normalized spacial score (nSPS) is 16.8. The van der Waals surface area contributed by atoms with Crippen molar-refractivity contribution in [3.05, 3.63) is 24.8 Å². The van der Waals surface area contributed by atoms with Crippen molar-refractivity contribution >= 4 is 30.4 Å². The van der Waals surface area contributed by atoms with E-state index in [-0.39, 0.29) is 18.2 Å². The molecule has 0 aromatic heterocycles. The van der Waals surface area contributed by atoms with Gasteiger partial charge >= 0.3 is 24.1 Å². The van der Waals surface area contributed by atoms with E-state index >= 15 is 0 Å². The average molecular weight is 697 g/mol. The van der Waals surface area contributed by atoms with Gasteiger partial charge in [0.15, 0.2) is 0 Å². The van der Waals surface area contributed by atoms with E-state index in [1.165, 1.54) is 33.1 Å². The van der Waals surface area contributed by atoms with Crippen LogP contribution in [-0.4, -0.2) is 105 Å². The Morgan fingerprint density at radius 1 is 0.714 bits per heavy atom. The van der Waals surface area contributed by atoms with Crippen molar-refractivity contribution in [1.82, 2.24) is 9.80 Å². The molecule has 3 fully saturated rings. The van der Waals surface area contributed by atoms with Crippen molar-refractivity contribution in [2.75, 3.05) is 53.6 Å². The molecule has 0 radical (unpaired) electrons. The molecule has 49 heavy (non-hydrogen) atoms. The molecular weight excluding hydrogens is 632 g/mol. The van der Waals surface area contributed by atoms with Crippen LogP contribution in [0.4, 0.5) is 9.59 Å². The summed E-state index contributed by atoms with van der Waals surface area (Å²) in [7, 11) is 2.68. The first-order valence-electron chi connectivity index (χ1n) is 17.5. The Hall–Kier alpha value is -3.41. The second-order valence-electron chi connectivity index (χ2n) is 14.1. The third kappa shape index (κ3) is 25.3. The van der Waals surface area contributed by atoms with Crippen LogP contribution in [0.25, 0.3) is 0 Å². The van der Waals surface area contributed by atoms with E-state index in [1.54, 1.807) is 9.80 Å². The third-order valence-corrected chi connectivity index (χ3v) is 7.62. The number of allylic oxidation sites excluding steroid dienone is 1. The van der Waals surface area contributed by atoms with Crippen molar-refractivity contribution in [3.8, 4) is 0 Å². The summed E-state index contributed by atoms with van der Waals surface area (Å²) in [5.41, 5.74) is -0.863. The van der Waals surface area contributed by atoms with Crippen LogP contribution in [0, 0.1) is 11.8 Å². The monoisotopic (exact) mass is 696 g/mol. The molecule has 3 aliphatic rings. The summed E-state index contributed by atoms with van der Waals surface area (Å²) in [5.74, 6) is 0.481. The third-order valence-electron chi connectivity index (χ3n) is 7.62. The van der Waals surface area contributed by atoms with E-state index in [9.17, 15) is 24.0 Å². The molecule has 3 saturated heterocycles. The predicted molar refractivity (Wildman–Crippen MR) is 189 cm³/mol. The van der Waals surface area contributed by atoms with Gasteiger partial charge in [-0.15, -0.1) is 0 Å². The largest absolute Gasteiger partial charge is 0.466 e. The van der Waals surface area contributed by atoms with Crippen LogP contribution in [0.1, 0.15) is 106 Å². The quantitative estimate of drug-likeness (QED) is 0.114. The summed E-state index contributed by atoms with van der Waals surface area (Å²) in [6.07, 6.45) is 15.0. The molecule has 0 bridgehead atoms. The maximum Gasteiger partial charge on any atom is 0.410 e. The number of carbonyl (C=O) groups is 5. The Balaban J connectivity index is 0.000000725. The minimum absolute atomic E-state index is 0.216. The Bertz CT molecular complexity index is 988. The van der Waals surface area contributed by atoms with Gasteiger partial charge in [-0.05, 0) is 111 Å². The number of methoxy groups -OCH3 is 2. The lowest BCUT2D eigenvalue weighted by Gasteiger charge is -2.33. The molecule has 282 valence electrons. The van der Waals surface area contributed by atoms with Crippen molar-refractivity contribution in [2.45, 2.75) is 117 Å². The number of aldehydes is 1. The van der Waals surface area contributed by atoms with Crippen molar-refractivity contribution < 1.29 is 47.7 Å². The molecule has 0 unspecified atom stereocenters. The summed E-state index contributed by atoms with van der Waals surface area (Å²) >= 11 is 0. The van der Waals surface area contributed by atoms with E-state index in [2.05, 4.69) is 16.1 Å². The SMILES string of the molecule is C1CCOC1.C=CC(=O)OC.CC(C)(C)OC(=O)N1CCC(CCC=O)CC1.COC(=O)/C=C/CCC1CCN(C(=O)OC(C)(C)C)CC1. The maximum atomic E-state index is 11.9. The first-order valence-corrected chi connectivity index (χ1v) is 17.5. The summed E-state index contributed by atoms with van der Waals surface area (Å²) in [6.45, 7) is 19.4. The number of rotatable bonds is 8. The molecule has 3 aliphatic heterocycles. The van der Waals surface area contributed by atoms with Gasteiger partial charge in [0, 0.05) is 58.0 Å². The number of nitrogens with zero attached hydrogens (tertiary/aromatic N) is 2. The zero-order valence-corrected chi connectivity index (χ0v) is 31.5. The molecule has 12 heteroatoms. The van der Waals surface area contributed by atoms with Crippen LogP contribution in [0.3, 0.4) is 0 Å². The lowest BCUT2D eigenvalue weighted by atomic mass is 9.92. The highest BCUT2D eigenvalue weighted by atomic mass is 16.6. The van der Waals surface area contributed by atoms with Crippen molar-refractivity contribution in [1.29, 1.82) is 0 Å². The number of esters is 2. The number of likely N-dealkylation sites (tertiary alicyclic amines) is 2. The second kappa shape index (κ2) is 25.5. The first kappa shape index (κ1) is 45.6. The molecule has 12 nitrogen and oxygen atoms in total. The zero-order valence-electron chi connectivity index (χ0n) is 31.5. The topological polar surface area (TPSA) is 138 Å². The fourth-order valence-electron chi connectivity index (χ4n) is 4.94. The predicted octanol–water partition coefficient (Wildman–Crippen LogP) is 6.90. The first-order chi connectivity index (χ1) is 23.0. The van der Waals surface area contributed by atoms with Gasteiger partial charge in [0.2, 0.25) is 0 Å². The smallest absolute Gasteiger partial charge is 0.410 e. The molecule has 3 rings (SSSR count). The number of ether oxygens (including phenoxy) is 5. The van der Waals surface area contributed by atoms with E-state index < -0.39 is 17.2 Å². The van der Waals surface area contributed by atoms with E-state index in [4.69, 9.17) is 14.2 Å². The van der Waals surface area contributed by atoms with Gasteiger partial charge in [0.05, 0.1) is 14.2 Å². The van der Waals surface area contributed by atoms with E-state index in [0.717, 1.165) is 96.7 Å². The Morgan fingerprint density at radius 2 is 1.12 bits per heavy atom. The Labute approximate surface area is 294 Å². The standard InChI is InChI=1S/C16H27NO4.C13H23NO3.C4H6O2.C4H8O/c1-16(2,3)21-15(19)17-11-9-13(10-12-17)7-5-6-8-14(18)20-4;1-13(2,3)17-12(16)14-8-6-11(7-9-14)5-4-10-15;1-3-4(5)6-2;1-2-4-5-3-1/h6,8,13H,5,7,9-12H2,1-4H3;10-11H,4-9H2,1-3H3;3H,1H2,2H3;1-4H2/b8-6+;;;. The van der Waals surface area contributed by atoms with Gasteiger partial charge in [-0.25, -0.2) is 19.2 Å². The molecular formula is C37H64N2O10. The fraction of sp³-hybridized carbons (Fsp3) is 0.757. The second-order valence-corrected chi connectivity index (χ2v) is 14.1.